The summed E-state index contributed by atoms with van der Waals surface area (Å²) >= 11 is 0. The number of aliphatic hydroxyl groups excluding tert-OH is 7. The summed E-state index contributed by atoms with van der Waals surface area (Å²) < 4.78 is 22.9. The molecule has 1 aliphatic rings. The van der Waals surface area contributed by atoms with Crippen molar-refractivity contribution < 1.29 is 59.0 Å². The second kappa shape index (κ2) is 40.4. The highest BCUT2D eigenvalue weighted by molar-refractivity contribution is 7.47. The van der Waals surface area contributed by atoms with Gasteiger partial charge in [-0.05, 0) is 51.4 Å². The molecule has 0 radical (unpaired) electrons. The molecule has 13 nitrogen and oxygen atoms in total. The van der Waals surface area contributed by atoms with Crippen LogP contribution in [0.25, 0.3) is 0 Å². The zero-order valence-electron chi connectivity index (χ0n) is 40.7. The minimum atomic E-state index is -5.15. The van der Waals surface area contributed by atoms with Crippen molar-refractivity contribution in [2.24, 2.45) is 0 Å². The molecule has 0 aromatic rings. The highest BCUT2D eigenvalue weighted by Gasteiger charge is 2.51. The third-order valence-electron chi connectivity index (χ3n) is 12.5. The molecule has 0 aromatic heterocycles. The molecule has 9 N–H and O–H groups in total. The third kappa shape index (κ3) is 32.1. The average Bonchev–Trinajstić information content (AvgIpc) is 3.28. The Labute approximate surface area is 394 Å². The number of carbonyl (C=O) groups excluding carboxylic acids is 1. The standard InChI is InChI=1S/C51H96NO12P/c1-3-5-7-9-11-13-15-17-19-20-21-22-23-24-25-26-28-30-32-34-36-38-42(53)40-45(55)52-43(41-63-65(61,62)64-51-49(59)47(57)46(56)48(58)50(51)60)44(54)39-37-35-33-31-29-27-18-16-14-12-10-8-6-4-2/h21-22,24-25,37,39,42-44,46-51,53-54,56-60H,3-20,23,26-36,38,40-41H2,1-2H3,(H,52,55)(H,61,62)/b22-21-,25-24-,39-37+. The lowest BCUT2D eigenvalue weighted by Gasteiger charge is -2.41. The van der Waals surface area contributed by atoms with Crippen molar-refractivity contribution in [3.8, 4) is 0 Å². The van der Waals surface area contributed by atoms with Gasteiger partial charge in [-0.15, -0.1) is 0 Å². The number of phosphoric acid groups is 1. The fourth-order valence-electron chi connectivity index (χ4n) is 8.21. The Hall–Kier alpha value is -1.48. The van der Waals surface area contributed by atoms with Crippen molar-refractivity contribution >= 4 is 13.7 Å². The maximum Gasteiger partial charge on any atom is 0.472 e. The number of unbranched alkanes of at least 4 members (excludes halogenated alkanes) is 26. The predicted molar refractivity (Wildman–Crippen MR) is 261 cm³/mol. The predicted octanol–water partition coefficient (Wildman–Crippen LogP) is 9.70. The van der Waals surface area contributed by atoms with E-state index < -0.39 is 75.2 Å². The fourth-order valence-corrected chi connectivity index (χ4v) is 9.18. The van der Waals surface area contributed by atoms with Crippen LogP contribution < -0.4 is 5.32 Å². The summed E-state index contributed by atoms with van der Waals surface area (Å²) in [5.74, 6) is -0.600. The first-order chi connectivity index (χ1) is 31.3. The van der Waals surface area contributed by atoms with E-state index in [0.717, 1.165) is 64.2 Å². The molecule has 65 heavy (non-hydrogen) atoms. The molecule has 0 bridgehead atoms. The van der Waals surface area contributed by atoms with Crippen molar-refractivity contribution in [1.29, 1.82) is 0 Å². The zero-order chi connectivity index (χ0) is 48.0. The van der Waals surface area contributed by atoms with E-state index in [9.17, 15) is 50.0 Å². The lowest BCUT2D eigenvalue weighted by molar-refractivity contribution is -0.220. The Morgan fingerprint density at radius 2 is 0.938 bits per heavy atom. The maximum absolute atomic E-state index is 13.0. The van der Waals surface area contributed by atoms with Crippen LogP contribution >= 0.6 is 7.82 Å². The van der Waals surface area contributed by atoms with Crippen molar-refractivity contribution in [2.75, 3.05) is 6.61 Å². The summed E-state index contributed by atoms with van der Waals surface area (Å²) in [6.45, 7) is 3.75. The summed E-state index contributed by atoms with van der Waals surface area (Å²) in [6, 6.07) is -1.24. The summed E-state index contributed by atoms with van der Waals surface area (Å²) in [5.41, 5.74) is 0. The molecule has 1 amide bonds. The van der Waals surface area contributed by atoms with Crippen molar-refractivity contribution in [2.45, 2.75) is 274 Å². The fraction of sp³-hybridized carbons (Fsp3) is 0.863. The summed E-state index contributed by atoms with van der Waals surface area (Å²) in [4.78, 5) is 23.5. The van der Waals surface area contributed by atoms with Crippen LogP contribution in [0, 0.1) is 0 Å². The Morgan fingerprint density at radius 1 is 0.554 bits per heavy atom. The van der Waals surface area contributed by atoms with Gasteiger partial charge in [0.2, 0.25) is 5.91 Å². The van der Waals surface area contributed by atoms with Gasteiger partial charge in [-0.1, -0.05) is 198 Å². The lowest BCUT2D eigenvalue weighted by atomic mass is 9.85. The summed E-state index contributed by atoms with van der Waals surface area (Å²) in [6.07, 6.45) is 33.7. The van der Waals surface area contributed by atoms with Gasteiger partial charge in [-0.2, -0.15) is 0 Å². The minimum absolute atomic E-state index is 0.254. The van der Waals surface area contributed by atoms with Crippen LogP contribution in [-0.4, -0.2) is 108 Å². The molecule has 8 unspecified atom stereocenters. The van der Waals surface area contributed by atoms with Gasteiger partial charge >= 0.3 is 7.82 Å². The largest absolute Gasteiger partial charge is 0.472 e. The number of hydrogen-bond acceptors (Lipinski definition) is 11. The van der Waals surface area contributed by atoms with Crippen molar-refractivity contribution in [3.05, 3.63) is 36.5 Å². The number of rotatable bonds is 43. The minimum Gasteiger partial charge on any atom is -0.393 e. The van der Waals surface area contributed by atoms with Gasteiger partial charge in [0, 0.05) is 0 Å². The van der Waals surface area contributed by atoms with Gasteiger partial charge in [-0.25, -0.2) is 4.57 Å². The molecular formula is C51H96NO12P. The second-order valence-corrected chi connectivity index (χ2v) is 20.0. The van der Waals surface area contributed by atoms with Crippen molar-refractivity contribution in [3.63, 3.8) is 0 Å². The van der Waals surface area contributed by atoms with Gasteiger partial charge in [0.05, 0.1) is 31.3 Å². The van der Waals surface area contributed by atoms with Crippen LogP contribution in [-0.2, 0) is 18.4 Å². The number of nitrogens with one attached hydrogen (secondary N) is 1. The number of carbonyl (C=O) groups is 1. The first-order valence-electron chi connectivity index (χ1n) is 26.0. The van der Waals surface area contributed by atoms with Crippen LogP contribution in [0.5, 0.6) is 0 Å². The van der Waals surface area contributed by atoms with E-state index in [1.807, 2.05) is 0 Å². The number of allylic oxidation sites excluding steroid dienone is 5. The Kier molecular flexibility index (Phi) is 38.3. The molecule has 0 heterocycles. The molecule has 1 saturated carbocycles. The van der Waals surface area contributed by atoms with E-state index in [-0.39, 0.29) is 6.42 Å². The quantitative estimate of drug-likeness (QED) is 0.0158. The van der Waals surface area contributed by atoms with Crippen LogP contribution in [0.15, 0.2) is 36.5 Å². The van der Waals surface area contributed by atoms with Crippen LogP contribution in [0.2, 0.25) is 0 Å². The molecule has 0 aromatic carbocycles. The first-order valence-corrected chi connectivity index (χ1v) is 27.5. The lowest BCUT2D eigenvalue weighted by Crippen LogP contribution is -2.64. The molecule has 8 atom stereocenters. The van der Waals surface area contributed by atoms with E-state index in [4.69, 9.17) is 9.05 Å². The molecule has 0 aliphatic heterocycles. The topological polar surface area (TPSA) is 226 Å². The normalized spacial score (nSPS) is 22.8. The van der Waals surface area contributed by atoms with Crippen LogP contribution in [0.3, 0.4) is 0 Å². The maximum atomic E-state index is 13.0. The van der Waals surface area contributed by atoms with Gasteiger partial charge in [-0.3, -0.25) is 13.8 Å². The number of hydrogen-bond donors (Lipinski definition) is 9. The van der Waals surface area contributed by atoms with Crippen LogP contribution in [0.4, 0.5) is 0 Å². The zero-order valence-corrected chi connectivity index (χ0v) is 41.5. The number of phosphoric ester groups is 1. The Morgan fingerprint density at radius 3 is 1.38 bits per heavy atom. The smallest absolute Gasteiger partial charge is 0.393 e. The summed E-state index contributed by atoms with van der Waals surface area (Å²) in [7, 11) is -5.15. The van der Waals surface area contributed by atoms with E-state index in [1.54, 1.807) is 6.08 Å². The molecule has 1 aliphatic carbocycles. The molecular weight excluding hydrogens is 850 g/mol. The van der Waals surface area contributed by atoms with E-state index >= 15 is 0 Å². The molecule has 382 valence electrons. The molecule has 1 rings (SSSR count). The highest BCUT2D eigenvalue weighted by Crippen LogP contribution is 2.47. The van der Waals surface area contributed by atoms with Crippen molar-refractivity contribution in [1.82, 2.24) is 5.32 Å². The molecule has 14 heteroatoms. The highest BCUT2D eigenvalue weighted by atomic mass is 31.2. The number of aliphatic hydroxyl groups is 7. The molecule has 0 spiro atoms. The molecule has 0 saturated heterocycles. The van der Waals surface area contributed by atoms with E-state index in [0.29, 0.717) is 12.8 Å². The van der Waals surface area contributed by atoms with Gasteiger partial charge < -0.3 is 46.0 Å². The van der Waals surface area contributed by atoms with Gasteiger partial charge in [0.15, 0.2) is 0 Å². The second-order valence-electron chi connectivity index (χ2n) is 18.6. The SMILES string of the molecule is CCCCCCCCCCC/C=C\C/C=C\CCCCCCCC(O)CC(=O)NC(COP(=O)(O)OC1C(O)C(O)C(O)C(O)C1O)C(O)/C=C/CCCCCCCCCCCCCC. The number of amides is 1. The van der Waals surface area contributed by atoms with Gasteiger partial charge in [0.1, 0.15) is 36.6 Å². The molecule has 1 fully saturated rings. The first kappa shape index (κ1) is 61.5. The van der Waals surface area contributed by atoms with E-state index in [2.05, 4.69) is 43.5 Å². The third-order valence-corrected chi connectivity index (χ3v) is 13.5. The van der Waals surface area contributed by atoms with Gasteiger partial charge in [0.25, 0.3) is 0 Å². The Balaban J connectivity index is 2.47. The monoisotopic (exact) mass is 946 g/mol. The average molecular weight is 946 g/mol. The summed E-state index contributed by atoms with van der Waals surface area (Å²) in [5, 5.41) is 74.6. The van der Waals surface area contributed by atoms with E-state index in [1.165, 1.54) is 128 Å². The van der Waals surface area contributed by atoms with Crippen LogP contribution in [0.1, 0.15) is 219 Å². The Bertz CT molecular complexity index is 1250.